The third kappa shape index (κ3) is 5.65. The number of aromatic nitrogens is 4. The smallest absolute Gasteiger partial charge is 0.232 e. The quantitative estimate of drug-likeness (QED) is 0.596. The second kappa shape index (κ2) is 9.67. The molecule has 1 aliphatic rings. The van der Waals surface area contributed by atoms with Gasteiger partial charge in [0, 0.05) is 44.1 Å². The summed E-state index contributed by atoms with van der Waals surface area (Å²) in [5.74, 6) is 3.27. The van der Waals surface area contributed by atoms with Crippen molar-refractivity contribution in [1.82, 2.24) is 24.8 Å². The standard InChI is InChI=1S/C22H27N7O2/c1-16-3-6-20(15-23-16)31-19-7-4-18(5-8-19)26-21-24-17(2)25-22(27-21)29-11-9-28(10-12-29)13-14-30/h3-8,15,30H,9-14H2,1-2H3,(H,24,25,26,27). The third-order valence-electron chi connectivity index (χ3n) is 5.04. The van der Waals surface area contributed by atoms with Crippen molar-refractivity contribution >= 4 is 17.6 Å². The highest BCUT2D eigenvalue weighted by Crippen LogP contribution is 2.24. The first kappa shape index (κ1) is 21.0. The fourth-order valence-corrected chi connectivity index (χ4v) is 3.36. The lowest BCUT2D eigenvalue weighted by Crippen LogP contribution is -2.47. The number of hydrogen-bond acceptors (Lipinski definition) is 9. The van der Waals surface area contributed by atoms with Crippen molar-refractivity contribution in [3.63, 3.8) is 0 Å². The van der Waals surface area contributed by atoms with Crippen LogP contribution in [-0.2, 0) is 0 Å². The number of β-amino-alcohol motifs (C(OH)–C–C–N with tert-alkyl or cyclic N) is 1. The number of benzene rings is 1. The molecule has 0 bridgehead atoms. The van der Waals surface area contributed by atoms with Crippen molar-refractivity contribution in [2.24, 2.45) is 0 Å². The van der Waals surface area contributed by atoms with Crippen molar-refractivity contribution in [3.8, 4) is 11.5 Å². The molecule has 0 saturated carbocycles. The normalized spacial score (nSPS) is 14.5. The molecule has 4 rings (SSSR count). The van der Waals surface area contributed by atoms with Gasteiger partial charge in [0.05, 0.1) is 12.8 Å². The molecule has 1 fully saturated rings. The molecule has 0 spiro atoms. The average molecular weight is 422 g/mol. The van der Waals surface area contributed by atoms with Gasteiger partial charge in [0.1, 0.15) is 17.3 Å². The predicted molar refractivity (Wildman–Crippen MR) is 119 cm³/mol. The Kier molecular flexibility index (Phi) is 6.54. The maximum absolute atomic E-state index is 9.11. The zero-order valence-corrected chi connectivity index (χ0v) is 17.8. The largest absolute Gasteiger partial charge is 0.456 e. The molecule has 1 saturated heterocycles. The van der Waals surface area contributed by atoms with Crippen molar-refractivity contribution in [1.29, 1.82) is 0 Å². The highest BCUT2D eigenvalue weighted by Gasteiger charge is 2.19. The number of aliphatic hydroxyl groups is 1. The Morgan fingerprint density at radius 2 is 1.68 bits per heavy atom. The Morgan fingerprint density at radius 3 is 2.35 bits per heavy atom. The van der Waals surface area contributed by atoms with Gasteiger partial charge in [-0.3, -0.25) is 9.88 Å². The molecule has 31 heavy (non-hydrogen) atoms. The number of nitrogens with one attached hydrogen (secondary N) is 1. The molecule has 2 aromatic heterocycles. The molecule has 0 atom stereocenters. The van der Waals surface area contributed by atoms with Crippen LogP contribution in [0.4, 0.5) is 17.6 Å². The number of rotatable bonds is 7. The van der Waals surface area contributed by atoms with E-state index in [-0.39, 0.29) is 6.61 Å². The molecule has 0 amide bonds. The van der Waals surface area contributed by atoms with Crippen LogP contribution in [0.15, 0.2) is 42.6 Å². The molecule has 9 heteroatoms. The van der Waals surface area contributed by atoms with Crippen LogP contribution >= 0.6 is 0 Å². The summed E-state index contributed by atoms with van der Waals surface area (Å²) in [5.41, 5.74) is 1.81. The number of aryl methyl sites for hydroxylation is 2. The van der Waals surface area contributed by atoms with E-state index in [9.17, 15) is 0 Å². The highest BCUT2D eigenvalue weighted by atomic mass is 16.5. The van der Waals surface area contributed by atoms with Crippen molar-refractivity contribution in [3.05, 3.63) is 54.1 Å². The Bertz CT molecular complexity index is 988. The van der Waals surface area contributed by atoms with Crippen LogP contribution in [0, 0.1) is 13.8 Å². The zero-order chi connectivity index (χ0) is 21.6. The van der Waals surface area contributed by atoms with Gasteiger partial charge >= 0.3 is 0 Å². The van der Waals surface area contributed by atoms with Gasteiger partial charge in [0.15, 0.2) is 0 Å². The topological polar surface area (TPSA) is 99.5 Å². The first-order chi connectivity index (χ1) is 15.1. The highest BCUT2D eigenvalue weighted by molar-refractivity contribution is 5.55. The molecule has 1 aromatic carbocycles. The Balaban J connectivity index is 1.40. The first-order valence-corrected chi connectivity index (χ1v) is 10.4. The molecular weight excluding hydrogens is 394 g/mol. The summed E-state index contributed by atoms with van der Waals surface area (Å²) >= 11 is 0. The summed E-state index contributed by atoms with van der Waals surface area (Å²) in [6.45, 7) is 8.10. The zero-order valence-electron chi connectivity index (χ0n) is 17.8. The summed E-state index contributed by atoms with van der Waals surface area (Å²) in [7, 11) is 0. The minimum absolute atomic E-state index is 0.185. The second-order valence-corrected chi connectivity index (χ2v) is 7.45. The fraction of sp³-hybridized carbons (Fsp3) is 0.364. The monoisotopic (exact) mass is 421 g/mol. The van der Waals surface area contributed by atoms with Gasteiger partial charge in [-0.2, -0.15) is 15.0 Å². The summed E-state index contributed by atoms with van der Waals surface area (Å²) < 4.78 is 5.82. The van der Waals surface area contributed by atoms with Gasteiger partial charge in [-0.05, 0) is 50.2 Å². The molecule has 9 nitrogen and oxygen atoms in total. The summed E-state index contributed by atoms with van der Waals surface area (Å²) in [5, 5.41) is 12.4. The molecule has 3 heterocycles. The van der Waals surface area contributed by atoms with Crippen LogP contribution in [0.2, 0.25) is 0 Å². The Morgan fingerprint density at radius 1 is 0.935 bits per heavy atom. The van der Waals surface area contributed by atoms with E-state index in [0.717, 1.165) is 43.3 Å². The van der Waals surface area contributed by atoms with Crippen molar-refractivity contribution in [2.75, 3.05) is 49.5 Å². The van der Waals surface area contributed by atoms with E-state index in [1.54, 1.807) is 6.20 Å². The minimum Gasteiger partial charge on any atom is -0.456 e. The van der Waals surface area contributed by atoms with E-state index in [4.69, 9.17) is 9.84 Å². The average Bonchev–Trinajstić information content (AvgIpc) is 2.77. The Labute approximate surface area is 181 Å². The van der Waals surface area contributed by atoms with E-state index >= 15 is 0 Å². The van der Waals surface area contributed by atoms with Crippen LogP contribution < -0.4 is 15.0 Å². The van der Waals surface area contributed by atoms with Gasteiger partial charge in [0.25, 0.3) is 0 Å². The number of hydrogen-bond donors (Lipinski definition) is 2. The third-order valence-corrected chi connectivity index (χ3v) is 5.04. The van der Waals surface area contributed by atoms with E-state index in [2.05, 4.69) is 35.1 Å². The second-order valence-electron chi connectivity index (χ2n) is 7.45. The van der Waals surface area contributed by atoms with Crippen molar-refractivity contribution in [2.45, 2.75) is 13.8 Å². The Hall–Kier alpha value is -3.30. The molecule has 0 aliphatic carbocycles. The molecule has 0 radical (unpaired) electrons. The van der Waals surface area contributed by atoms with E-state index in [1.807, 2.05) is 50.2 Å². The van der Waals surface area contributed by atoms with Gasteiger partial charge in [-0.1, -0.05) is 0 Å². The number of aliphatic hydroxyl groups excluding tert-OH is 1. The van der Waals surface area contributed by atoms with Crippen molar-refractivity contribution < 1.29 is 9.84 Å². The summed E-state index contributed by atoms with van der Waals surface area (Å²) in [6, 6.07) is 11.4. The van der Waals surface area contributed by atoms with Crippen LogP contribution in [0.1, 0.15) is 11.5 Å². The van der Waals surface area contributed by atoms with Gasteiger partial charge in [0.2, 0.25) is 11.9 Å². The van der Waals surface area contributed by atoms with Crippen LogP contribution in [0.25, 0.3) is 0 Å². The van der Waals surface area contributed by atoms with Gasteiger partial charge in [-0.15, -0.1) is 0 Å². The number of anilines is 3. The number of ether oxygens (including phenoxy) is 1. The fourth-order valence-electron chi connectivity index (χ4n) is 3.36. The molecular formula is C22H27N7O2. The number of piperazine rings is 1. The molecule has 1 aliphatic heterocycles. The summed E-state index contributed by atoms with van der Waals surface area (Å²) in [6.07, 6.45) is 1.71. The molecule has 3 aromatic rings. The molecule has 162 valence electrons. The minimum atomic E-state index is 0.185. The van der Waals surface area contributed by atoms with E-state index in [0.29, 0.717) is 30.0 Å². The number of pyridine rings is 1. The maximum atomic E-state index is 9.11. The molecule has 2 N–H and O–H groups in total. The predicted octanol–water partition coefficient (Wildman–Crippen LogP) is 2.53. The maximum Gasteiger partial charge on any atom is 0.232 e. The first-order valence-electron chi connectivity index (χ1n) is 10.4. The van der Waals surface area contributed by atoms with Gasteiger partial charge < -0.3 is 20.1 Å². The van der Waals surface area contributed by atoms with Crippen LogP contribution in [0.5, 0.6) is 11.5 Å². The lowest BCUT2D eigenvalue weighted by molar-refractivity contribution is 0.188. The summed E-state index contributed by atoms with van der Waals surface area (Å²) in [4.78, 5) is 22.2. The SMILES string of the molecule is Cc1ccc(Oc2ccc(Nc3nc(C)nc(N4CCN(CCO)CC4)n3)cc2)cn1. The van der Waals surface area contributed by atoms with E-state index in [1.165, 1.54) is 0 Å². The van der Waals surface area contributed by atoms with Crippen LogP contribution in [-0.4, -0.2) is 69.3 Å². The van der Waals surface area contributed by atoms with Gasteiger partial charge in [-0.25, -0.2) is 0 Å². The molecule has 0 unspecified atom stereocenters. The van der Waals surface area contributed by atoms with Crippen LogP contribution in [0.3, 0.4) is 0 Å². The lowest BCUT2D eigenvalue weighted by atomic mass is 10.3. The lowest BCUT2D eigenvalue weighted by Gasteiger charge is -2.34. The number of nitrogens with zero attached hydrogens (tertiary/aromatic N) is 6. The van der Waals surface area contributed by atoms with E-state index < -0.39 is 0 Å².